The first kappa shape index (κ1) is 15.4. The molecule has 0 aromatic carbocycles. The molecule has 0 aromatic rings. The second-order valence-corrected chi connectivity index (χ2v) is 3.98. The van der Waals surface area contributed by atoms with E-state index in [0.29, 0.717) is 25.9 Å². The smallest absolute Gasteiger partial charge is 0.306 e. The van der Waals surface area contributed by atoms with Crippen LogP contribution in [-0.4, -0.2) is 56.0 Å². The minimum Gasteiger partial charge on any atom is -0.469 e. The first-order chi connectivity index (χ1) is 7.63. The van der Waals surface area contributed by atoms with Crippen LogP contribution in [0.25, 0.3) is 0 Å². The summed E-state index contributed by atoms with van der Waals surface area (Å²) in [6, 6.07) is 0. The molecule has 0 saturated heterocycles. The molecule has 0 aliphatic rings. The third kappa shape index (κ3) is 7.64. The zero-order valence-corrected chi connectivity index (χ0v) is 11.3. The summed E-state index contributed by atoms with van der Waals surface area (Å²) in [4.78, 5) is 23.9. The molecule has 0 spiro atoms. The van der Waals surface area contributed by atoms with Crippen LogP contribution >= 0.6 is 15.9 Å². The lowest BCUT2D eigenvalue weighted by Gasteiger charge is -2.19. The van der Waals surface area contributed by atoms with Crippen molar-refractivity contribution in [2.45, 2.75) is 12.8 Å². The van der Waals surface area contributed by atoms with E-state index in [1.54, 1.807) is 0 Å². The minimum atomic E-state index is -0.238. The van der Waals surface area contributed by atoms with Crippen molar-refractivity contribution in [1.29, 1.82) is 0 Å². The van der Waals surface area contributed by atoms with Crippen molar-refractivity contribution in [3.63, 3.8) is 0 Å². The molecule has 0 heterocycles. The summed E-state index contributed by atoms with van der Waals surface area (Å²) in [5.74, 6) is -0.477. The summed E-state index contributed by atoms with van der Waals surface area (Å²) in [5.41, 5.74) is 0. The number of esters is 2. The van der Waals surface area contributed by atoms with Gasteiger partial charge in [-0.1, -0.05) is 15.9 Å². The van der Waals surface area contributed by atoms with Gasteiger partial charge in [-0.25, -0.2) is 0 Å². The highest BCUT2D eigenvalue weighted by Crippen LogP contribution is 1.98. The molecule has 16 heavy (non-hydrogen) atoms. The van der Waals surface area contributed by atoms with Crippen LogP contribution in [0.5, 0.6) is 0 Å². The van der Waals surface area contributed by atoms with Crippen LogP contribution in [-0.2, 0) is 19.1 Å². The normalized spacial score (nSPS) is 10.2. The largest absolute Gasteiger partial charge is 0.469 e. The maximum absolute atomic E-state index is 11.0. The number of hydrogen-bond acceptors (Lipinski definition) is 5. The van der Waals surface area contributed by atoms with E-state index in [2.05, 4.69) is 25.4 Å². The Morgan fingerprint density at radius 1 is 1.00 bits per heavy atom. The standard InChI is InChI=1S/C10H18BrNO4/c1-15-9(13)3-6-12(8-5-11)7-4-10(14)16-2/h3-8H2,1-2H3. The summed E-state index contributed by atoms with van der Waals surface area (Å²) in [7, 11) is 2.73. The van der Waals surface area contributed by atoms with Crippen molar-refractivity contribution in [2.75, 3.05) is 39.2 Å². The maximum atomic E-state index is 11.0. The number of halogens is 1. The van der Waals surface area contributed by atoms with E-state index in [1.807, 2.05) is 4.90 Å². The van der Waals surface area contributed by atoms with Crippen molar-refractivity contribution in [3.05, 3.63) is 0 Å². The molecule has 0 unspecified atom stereocenters. The van der Waals surface area contributed by atoms with Crippen LogP contribution in [0.4, 0.5) is 0 Å². The average Bonchev–Trinajstić information content (AvgIpc) is 2.31. The predicted molar refractivity (Wildman–Crippen MR) is 63.5 cm³/mol. The number of methoxy groups -OCH3 is 2. The zero-order valence-electron chi connectivity index (χ0n) is 9.70. The predicted octanol–water partition coefficient (Wildman–Crippen LogP) is 0.809. The first-order valence-corrected chi connectivity index (χ1v) is 6.18. The van der Waals surface area contributed by atoms with Crippen molar-refractivity contribution < 1.29 is 19.1 Å². The van der Waals surface area contributed by atoms with Crippen LogP contribution in [0.3, 0.4) is 0 Å². The third-order valence-electron chi connectivity index (χ3n) is 2.12. The van der Waals surface area contributed by atoms with Crippen molar-refractivity contribution >= 4 is 27.9 Å². The molecule has 0 atom stereocenters. The third-order valence-corrected chi connectivity index (χ3v) is 2.48. The Kier molecular flexibility index (Phi) is 9.22. The highest BCUT2D eigenvalue weighted by Gasteiger charge is 2.10. The van der Waals surface area contributed by atoms with Crippen molar-refractivity contribution in [2.24, 2.45) is 0 Å². The lowest BCUT2D eigenvalue weighted by Crippen LogP contribution is -2.31. The highest BCUT2D eigenvalue weighted by atomic mass is 79.9. The van der Waals surface area contributed by atoms with Gasteiger partial charge in [0.1, 0.15) is 0 Å². The number of carbonyl (C=O) groups is 2. The van der Waals surface area contributed by atoms with Gasteiger partial charge in [-0.2, -0.15) is 0 Å². The van der Waals surface area contributed by atoms with Crippen LogP contribution in [0, 0.1) is 0 Å². The fourth-order valence-electron chi connectivity index (χ4n) is 1.16. The van der Waals surface area contributed by atoms with Gasteiger partial charge in [-0.15, -0.1) is 0 Å². The number of rotatable bonds is 8. The number of alkyl halides is 1. The number of nitrogens with zero attached hydrogens (tertiary/aromatic N) is 1. The van der Waals surface area contributed by atoms with Crippen LogP contribution < -0.4 is 0 Å². The molecule has 0 bridgehead atoms. The van der Waals surface area contributed by atoms with Gasteiger partial charge in [0.15, 0.2) is 0 Å². The topological polar surface area (TPSA) is 55.8 Å². The molecule has 0 saturated carbocycles. The Hall–Kier alpha value is -0.620. The Balaban J connectivity index is 3.87. The Labute approximate surface area is 104 Å². The van der Waals surface area contributed by atoms with E-state index in [9.17, 15) is 9.59 Å². The summed E-state index contributed by atoms with van der Waals surface area (Å²) in [6.07, 6.45) is 0.676. The summed E-state index contributed by atoms with van der Waals surface area (Å²) < 4.78 is 9.11. The van der Waals surface area contributed by atoms with Gasteiger partial charge in [-0.3, -0.25) is 9.59 Å². The lowest BCUT2D eigenvalue weighted by atomic mass is 10.3. The molecule has 0 N–H and O–H groups in total. The molecule has 0 rings (SSSR count). The molecule has 94 valence electrons. The lowest BCUT2D eigenvalue weighted by molar-refractivity contribution is -0.141. The van der Waals surface area contributed by atoms with Crippen LogP contribution in [0.15, 0.2) is 0 Å². The Morgan fingerprint density at radius 3 is 1.75 bits per heavy atom. The number of hydrogen-bond donors (Lipinski definition) is 0. The SMILES string of the molecule is COC(=O)CCN(CCBr)CCC(=O)OC. The van der Waals surface area contributed by atoms with Gasteiger partial charge >= 0.3 is 11.9 Å². The van der Waals surface area contributed by atoms with E-state index < -0.39 is 0 Å². The summed E-state index contributed by atoms with van der Waals surface area (Å²) in [5, 5.41) is 0.801. The van der Waals surface area contributed by atoms with E-state index in [1.165, 1.54) is 14.2 Å². The quantitative estimate of drug-likeness (QED) is 0.490. The van der Waals surface area contributed by atoms with Gasteiger partial charge < -0.3 is 14.4 Å². The fraction of sp³-hybridized carbons (Fsp3) is 0.800. The maximum Gasteiger partial charge on any atom is 0.306 e. The second kappa shape index (κ2) is 9.59. The molecule has 0 fully saturated rings. The van der Waals surface area contributed by atoms with Crippen molar-refractivity contribution in [3.8, 4) is 0 Å². The van der Waals surface area contributed by atoms with Gasteiger partial charge in [0, 0.05) is 25.0 Å². The summed E-state index contributed by atoms with van der Waals surface area (Å²) in [6.45, 7) is 1.97. The molecule has 0 amide bonds. The first-order valence-electron chi connectivity index (χ1n) is 5.06. The van der Waals surface area contributed by atoms with E-state index in [0.717, 1.165) is 11.9 Å². The monoisotopic (exact) mass is 295 g/mol. The molecular weight excluding hydrogens is 278 g/mol. The van der Waals surface area contributed by atoms with Gasteiger partial charge in [-0.05, 0) is 0 Å². The molecule has 0 aliphatic carbocycles. The molecule has 0 aliphatic heterocycles. The Morgan fingerprint density at radius 2 is 1.44 bits per heavy atom. The minimum absolute atomic E-state index is 0.238. The molecule has 0 aromatic heterocycles. The van der Waals surface area contributed by atoms with E-state index >= 15 is 0 Å². The molecule has 0 radical (unpaired) electrons. The number of carbonyl (C=O) groups excluding carboxylic acids is 2. The van der Waals surface area contributed by atoms with Crippen LogP contribution in [0.2, 0.25) is 0 Å². The molecular formula is C10H18BrNO4. The van der Waals surface area contributed by atoms with Crippen LogP contribution in [0.1, 0.15) is 12.8 Å². The van der Waals surface area contributed by atoms with Crippen molar-refractivity contribution in [1.82, 2.24) is 4.90 Å². The molecule has 6 heteroatoms. The summed E-state index contributed by atoms with van der Waals surface area (Å²) >= 11 is 3.32. The second-order valence-electron chi connectivity index (χ2n) is 3.18. The van der Waals surface area contributed by atoms with Gasteiger partial charge in [0.25, 0.3) is 0 Å². The van der Waals surface area contributed by atoms with Gasteiger partial charge in [0.2, 0.25) is 0 Å². The fourth-order valence-corrected chi connectivity index (χ4v) is 1.66. The average molecular weight is 296 g/mol. The highest BCUT2D eigenvalue weighted by molar-refractivity contribution is 9.09. The van der Waals surface area contributed by atoms with E-state index in [4.69, 9.17) is 0 Å². The number of ether oxygens (including phenoxy) is 2. The molecule has 5 nitrogen and oxygen atoms in total. The van der Waals surface area contributed by atoms with Gasteiger partial charge in [0.05, 0.1) is 27.1 Å². The zero-order chi connectivity index (χ0) is 12.4. The Bertz CT molecular complexity index is 203. The van der Waals surface area contributed by atoms with E-state index in [-0.39, 0.29) is 11.9 Å².